The lowest BCUT2D eigenvalue weighted by atomic mass is 9.67. The van der Waals surface area contributed by atoms with Gasteiger partial charge in [0.25, 0.3) is 0 Å². The van der Waals surface area contributed by atoms with Crippen LogP contribution in [0.1, 0.15) is 33.4 Å². The average Bonchev–Trinajstić information content (AvgIpc) is 3.55. The van der Waals surface area contributed by atoms with Crippen LogP contribution in [0.3, 0.4) is 0 Å². The zero-order chi connectivity index (χ0) is 37.6. The maximum absolute atomic E-state index is 2.48. The number of hydrogen-bond acceptors (Lipinski definition) is 1. The van der Waals surface area contributed by atoms with Crippen molar-refractivity contribution in [1.29, 1.82) is 0 Å². The highest BCUT2D eigenvalue weighted by Crippen LogP contribution is 2.60. The summed E-state index contributed by atoms with van der Waals surface area (Å²) in [5.74, 6) is 0. The van der Waals surface area contributed by atoms with Crippen LogP contribution >= 0.6 is 0 Å². The Morgan fingerprint density at radius 2 is 0.857 bits per heavy atom. The lowest BCUT2D eigenvalue weighted by Gasteiger charge is -2.34. The van der Waals surface area contributed by atoms with Gasteiger partial charge < -0.3 is 4.90 Å². The molecule has 0 heterocycles. The number of nitrogens with zero attached hydrogens (tertiary/aromatic N) is 1. The van der Waals surface area contributed by atoms with Gasteiger partial charge in [-0.1, -0.05) is 176 Å². The molecule has 0 bridgehead atoms. The fourth-order valence-electron chi connectivity index (χ4n) is 9.01. The first-order chi connectivity index (χ1) is 27.6. The Hall–Kier alpha value is -6.96. The van der Waals surface area contributed by atoms with Crippen LogP contribution in [-0.4, -0.2) is 0 Å². The molecular weight excluding hydrogens is 675 g/mol. The zero-order valence-corrected chi connectivity index (χ0v) is 31.7. The van der Waals surface area contributed by atoms with Crippen molar-refractivity contribution >= 4 is 27.8 Å². The van der Waals surface area contributed by atoms with Gasteiger partial charge in [0.1, 0.15) is 0 Å². The first-order valence-electron chi connectivity index (χ1n) is 19.5. The topological polar surface area (TPSA) is 3.24 Å². The van der Waals surface area contributed by atoms with E-state index in [2.05, 4.69) is 231 Å². The molecule has 9 aromatic carbocycles. The van der Waals surface area contributed by atoms with Crippen LogP contribution in [0.5, 0.6) is 0 Å². The molecule has 1 heteroatoms. The molecule has 0 saturated carbocycles. The normalized spacial score (nSPS) is 12.6. The molecule has 0 spiro atoms. The highest BCUT2D eigenvalue weighted by molar-refractivity contribution is 5.99. The minimum atomic E-state index is -0.498. The molecule has 0 unspecified atom stereocenters. The van der Waals surface area contributed by atoms with Gasteiger partial charge in [-0.15, -0.1) is 0 Å². The number of benzene rings is 9. The van der Waals surface area contributed by atoms with Gasteiger partial charge in [0, 0.05) is 16.9 Å². The van der Waals surface area contributed by atoms with E-state index in [1.165, 1.54) is 77.5 Å². The molecule has 9 aromatic rings. The van der Waals surface area contributed by atoms with Crippen LogP contribution in [0, 0.1) is 13.8 Å². The minimum Gasteiger partial charge on any atom is -0.310 e. The second-order valence-electron chi connectivity index (χ2n) is 15.0. The van der Waals surface area contributed by atoms with Gasteiger partial charge >= 0.3 is 0 Å². The Morgan fingerprint density at radius 1 is 0.357 bits per heavy atom. The number of fused-ring (bicyclic) bond motifs is 4. The molecule has 0 saturated heterocycles. The standard InChI is InChI=1S/C55H41N/c1-38-34-50-52(35-39(38)2)55(46-20-11-5-12-21-46,47-22-13-6-14-23-47)51-24-15-25-53(54(50)51)56(48-31-28-42(29-32-48)40-16-7-3-8-17-40)49-33-30-44-36-43(26-27-45(44)37-49)41-18-9-4-10-19-41/h3-37H,1-2H3. The van der Waals surface area contributed by atoms with Crippen molar-refractivity contribution < 1.29 is 0 Å². The predicted octanol–water partition coefficient (Wildman–Crippen LogP) is 14.6. The molecule has 1 aliphatic carbocycles. The number of hydrogen-bond donors (Lipinski definition) is 0. The van der Waals surface area contributed by atoms with E-state index in [4.69, 9.17) is 0 Å². The maximum Gasteiger partial charge on any atom is 0.0714 e. The minimum absolute atomic E-state index is 0.498. The summed E-state index contributed by atoms with van der Waals surface area (Å²) in [7, 11) is 0. The molecule has 0 N–H and O–H groups in total. The van der Waals surface area contributed by atoms with Gasteiger partial charge in [-0.3, -0.25) is 0 Å². The molecule has 0 amide bonds. The summed E-state index contributed by atoms with van der Waals surface area (Å²) >= 11 is 0. The fraction of sp³-hybridized carbons (Fsp3) is 0.0545. The molecule has 0 aromatic heterocycles. The van der Waals surface area contributed by atoms with E-state index in [0.717, 1.165) is 17.1 Å². The molecule has 0 atom stereocenters. The third kappa shape index (κ3) is 5.47. The highest BCUT2D eigenvalue weighted by Gasteiger charge is 2.47. The second-order valence-corrected chi connectivity index (χ2v) is 15.0. The van der Waals surface area contributed by atoms with E-state index < -0.39 is 5.41 Å². The third-order valence-corrected chi connectivity index (χ3v) is 11.8. The van der Waals surface area contributed by atoms with E-state index in [1.807, 2.05) is 0 Å². The summed E-state index contributed by atoms with van der Waals surface area (Å²) in [6, 6.07) is 78.1. The van der Waals surface area contributed by atoms with Crippen LogP contribution in [0.2, 0.25) is 0 Å². The molecule has 56 heavy (non-hydrogen) atoms. The largest absolute Gasteiger partial charge is 0.310 e. The summed E-state index contributed by atoms with van der Waals surface area (Å²) in [5.41, 5.74) is 18.0. The summed E-state index contributed by atoms with van der Waals surface area (Å²) in [6.07, 6.45) is 0. The molecular formula is C55H41N. The van der Waals surface area contributed by atoms with Crippen LogP contribution in [-0.2, 0) is 5.41 Å². The Labute approximate surface area is 329 Å². The van der Waals surface area contributed by atoms with Gasteiger partial charge in [0.05, 0.1) is 11.1 Å². The lowest BCUT2D eigenvalue weighted by Crippen LogP contribution is -2.28. The van der Waals surface area contributed by atoms with Crippen LogP contribution in [0.25, 0.3) is 44.2 Å². The molecule has 0 fully saturated rings. The molecule has 10 rings (SSSR count). The van der Waals surface area contributed by atoms with E-state index in [9.17, 15) is 0 Å². The Kier molecular flexibility index (Phi) is 8.23. The molecule has 1 aliphatic rings. The highest BCUT2D eigenvalue weighted by atomic mass is 15.1. The predicted molar refractivity (Wildman–Crippen MR) is 236 cm³/mol. The molecule has 0 aliphatic heterocycles. The summed E-state index contributed by atoms with van der Waals surface area (Å²) in [4.78, 5) is 2.48. The van der Waals surface area contributed by atoms with Crippen molar-refractivity contribution in [2.24, 2.45) is 0 Å². The van der Waals surface area contributed by atoms with E-state index in [0.29, 0.717) is 0 Å². The third-order valence-electron chi connectivity index (χ3n) is 11.8. The zero-order valence-electron chi connectivity index (χ0n) is 31.7. The number of rotatable bonds is 7. The van der Waals surface area contributed by atoms with Crippen molar-refractivity contribution in [1.82, 2.24) is 0 Å². The van der Waals surface area contributed by atoms with Crippen molar-refractivity contribution in [3.8, 4) is 33.4 Å². The van der Waals surface area contributed by atoms with Gasteiger partial charge in [0.2, 0.25) is 0 Å². The lowest BCUT2D eigenvalue weighted by molar-refractivity contribution is 0.767. The molecule has 1 nitrogen and oxygen atoms in total. The van der Waals surface area contributed by atoms with Crippen molar-refractivity contribution in [2.45, 2.75) is 19.3 Å². The smallest absolute Gasteiger partial charge is 0.0714 e. The van der Waals surface area contributed by atoms with E-state index >= 15 is 0 Å². The van der Waals surface area contributed by atoms with Crippen LogP contribution < -0.4 is 4.90 Å². The molecule has 0 radical (unpaired) electrons. The second kappa shape index (κ2) is 13.7. The summed E-state index contributed by atoms with van der Waals surface area (Å²) < 4.78 is 0. The van der Waals surface area contributed by atoms with E-state index in [-0.39, 0.29) is 0 Å². The van der Waals surface area contributed by atoms with Crippen molar-refractivity contribution in [3.05, 3.63) is 246 Å². The summed E-state index contributed by atoms with van der Waals surface area (Å²) in [5, 5.41) is 2.42. The quantitative estimate of drug-likeness (QED) is 0.159. The Morgan fingerprint density at radius 3 is 1.50 bits per heavy atom. The maximum atomic E-state index is 2.48. The number of anilines is 3. The first kappa shape index (κ1) is 33.6. The van der Waals surface area contributed by atoms with Gasteiger partial charge in [0.15, 0.2) is 0 Å². The fourth-order valence-corrected chi connectivity index (χ4v) is 9.01. The monoisotopic (exact) mass is 715 g/mol. The van der Waals surface area contributed by atoms with E-state index in [1.54, 1.807) is 0 Å². The first-order valence-corrected chi connectivity index (χ1v) is 19.5. The Balaban J connectivity index is 1.24. The van der Waals surface area contributed by atoms with Crippen molar-refractivity contribution in [3.63, 3.8) is 0 Å². The van der Waals surface area contributed by atoms with Gasteiger partial charge in [-0.05, 0) is 122 Å². The van der Waals surface area contributed by atoms with Gasteiger partial charge in [-0.25, -0.2) is 0 Å². The van der Waals surface area contributed by atoms with Crippen LogP contribution in [0.15, 0.2) is 212 Å². The van der Waals surface area contributed by atoms with Gasteiger partial charge in [-0.2, -0.15) is 0 Å². The Bertz CT molecular complexity index is 2800. The van der Waals surface area contributed by atoms with Crippen LogP contribution in [0.4, 0.5) is 17.1 Å². The number of aryl methyl sites for hydroxylation is 2. The summed E-state index contributed by atoms with van der Waals surface area (Å²) in [6.45, 7) is 4.50. The molecule has 266 valence electrons. The SMILES string of the molecule is Cc1cc2c(cc1C)C(c1ccccc1)(c1ccccc1)c1cccc(N(c3ccc(-c4ccccc4)cc3)c3ccc4cc(-c5ccccc5)ccc4c3)c1-2. The average molecular weight is 716 g/mol. The van der Waals surface area contributed by atoms with Crippen molar-refractivity contribution in [2.75, 3.05) is 4.90 Å².